The SMILES string of the molecule is C.O=C(OC[C@@H]1CCC(c2ccccc2)N1S(=O)(=O)c1ccc(Cl)cc1)N1CCC(N2CCCCC2)CC1.S. The third-order valence-corrected chi connectivity index (χ3v) is 10.3. The molecule has 3 fully saturated rings. The lowest BCUT2D eigenvalue weighted by molar-refractivity contribution is 0.0575. The molecule has 10 heteroatoms. The fourth-order valence-electron chi connectivity index (χ4n) is 6.05. The average Bonchev–Trinajstić information content (AvgIpc) is 3.38. The summed E-state index contributed by atoms with van der Waals surface area (Å²) in [6.07, 6.45) is 6.73. The van der Waals surface area contributed by atoms with Gasteiger partial charge in [0.1, 0.15) is 6.61 Å². The summed E-state index contributed by atoms with van der Waals surface area (Å²) < 4.78 is 34.9. The van der Waals surface area contributed by atoms with Crippen molar-refractivity contribution >= 4 is 41.2 Å². The Kier molecular flexibility index (Phi) is 11.6. The molecule has 0 bridgehead atoms. The number of ether oxygens (including phenoxy) is 1. The zero-order valence-corrected chi connectivity index (χ0v) is 24.2. The van der Waals surface area contributed by atoms with Crippen LogP contribution in [0.2, 0.25) is 5.02 Å². The van der Waals surface area contributed by atoms with Crippen LogP contribution in [-0.4, -0.2) is 73.5 Å². The molecule has 216 valence electrons. The van der Waals surface area contributed by atoms with Gasteiger partial charge >= 0.3 is 6.09 Å². The van der Waals surface area contributed by atoms with Gasteiger partial charge in [-0.25, -0.2) is 13.2 Å². The van der Waals surface area contributed by atoms with Crippen LogP contribution < -0.4 is 0 Å². The zero-order chi connectivity index (χ0) is 25.8. The van der Waals surface area contributed by atoms with Gasteiger partial charge in [-0.1, -0.05) is 55.8 Å². The number of sulfonamides is 1. The lowest BCUT2D eigenvalue weighted by Crippen LogP contribution is -2.48. The number of carbonyl (C=O) groups excluding carboxylic acids is 1. The summed E-state index contributed by atoms with van der Waals surface area (Å²) in [6.45, 7) is 3.74. The minimum Gasteiger partial charge on any atom is -0.448 e. The number of carbonyl (C=O) groups is 1. The number of hydrogen-bond donors (Lipinski definition) is 0. The van der Waals surface area contributed by atoms with Gasteiger partial charge in [0.25, 0.3) is 0 Å². The Balaban J connectivity index is 0.00000210. The first-order valence-electron chi connectivity index (χ1n) is 13.4. The van der Waals surface area contributed by atoms with E-state index in [0.29, 0.717) is 37.0 Å². The predicted molar refractivity (Wildman–Crippen MR) is 161 cm³/mol. The second-order valence-corrected chi connectivity index (χ2v) is 12.6. The quantitative estimate of drug-likeness (QED) is 0.405. The summed E-state index contributed by atoms with van der Waals surface area (Å²) in [5.74, 6) is 0. The smallest absolute Gasteiger partial charge is 0.409 e. The molecule has 0 N–H and O–H groups in total. The summed E-state index contributed by atoms with van der Waals surface area (Å²) >= 11 is 6.01. The van der Waals surface area contributed by atoms with Crippen LogP contribution in [0.5, 0.6) is 0 Å². The number of nitrogens with zero attached hydrogens (tertiary/aromatic N) is 3. The Morgan fingerprint density at radius 3 is 2.15 bits per heavy atom. The van der Waals surface area contributed by atoms with E-state index < -0.39 is 16.1 Å². The first-order valence-corrected chi connectivity index (χ1v) is 15.2. The molecule has 1 unspecified atom stereocenters. The van der Waals surface area contributed by atoms with Crippen molar-refractivity contribution in [3.63, 3.8) is 0 Å². The zero-order valence-electron chi connectivity index (χ0n) is 21.7. The van der Waals surface area contributed by atoms with E-state index in [1.807, 2.05) is 30.3 Å². The van der Waals surface area contributed by atoms with Crippen molar-refractivity contribution < 1.29 is 17.9 Å². The van der Waals surface area contributed by atoms with Crippen molar-refractivity contribution in [1.29, 1.82) is 0 Å². The molecule has 2 aromatic rings. The van der Waals surface area contributed by atoms with Crippen LogP contribution >= 0.6 is 25.1 Å². The lowest BCUT2D eigenvalue weighted by Gasteiger charge is -2.40. The molecule has 3 saturated heterocycles. The molecule has 0 spiro atoms. The Hall–Kier alpha value is -1.78. The Bertz CT molecular complexity index is 1150. The Morgan fingerprint density at radius 1 is 0.872 bits per heavy atom. The van der Waals surface area contributed by atoms with Crippen LogP contribution in [0.3, 0.4) is 0 Å². The standard InChI is InChI=1S/C28H36ClN3O4S.CH4.H2S/c29-23-9-12-26(13-10-23)37(34,35)32-25(11-14-27(32)22-7-3-1-4-8-22)21-36-28(33)31-19-15-24(16-20-31)30-17-5-2-6-18-30;;/h1,3-4,7-10,12-13,24-25,27H,2,5-6,11,14-21H2;1H4;1H2/t25-,27?;;/m0../s1. The maximum absolute atomic E-state index is 13.8. The van der Waals surface area contributed by atoms with E-state index in [9.17, 15) is 13.2 Å². The monoisotopic (exact) mass is 595 g/mol. The Labute approximate surface area is 245 Å². The highest BCUT2D eigenvalue weighted by Crippen LogP contribution is 2.40. The fraction of sp³-hybridized carbons (Fsp3) is 0.552. The fourth-order valence-corrected chi connectivity index (χ4v) is 8.02. The molecule has 5 rings (SSSR count). The molecule has 3 heterocycles. The minimum atomic E-state index is -3.83. The number of likely N-dealkylation sites (tertiary alicyclic amines) is 2. The van der Waals surface area contributed by atoms with Crippen molar-refractivity contribution in [1.82, 2.24) is 14.1 Å². The van der Waals surface area contributed by atoms with Gasteiger partial charge in [0, 0.05) is 24.2 Å². The molecular formula is C29H42ClN3O4S2. The highest BCUT2D eigenvalue weighted by atomic mass is 35.5. The van der Waals surface area contributed by atoms with Gasteiger partial charge in [-0.05, 0) is 81.4 Å². The maximum Gasteiger partial charge on any atom is 0.409 e. The van der Waals surface area contributed by atoms with E-state index in [0.717, 1.165) is 31.5 Å². The summed E-state index contributed by atoms with van der Waals surface area (Å²) in [5.41, 5.74) is 0.939. The van der Waals surface area contributed by atoms with Crippen molar-refractivity contribution in [2.45, 2.75) is 75.4 Å². The lowest BCUT2D eigenvalue weighted by atomic mass is 10.0. The summed E-state index contributed by atoms with van der Waals surface area (Å²) in [6, 6.07) is 15.7. The van der Waals surface area contributed by atoms with Crippen LogP contribution in [0.4, 0.5) is 4.79 Å². The van der Waals surface area contributed by atoms with Gasteiger partial charge in [-0.3, -0.25) is 0 Å². The maximum atomic E-state index is 13.8. The second-order valence-electron chi connectivity index (χ2n) is 10.3. The van der Waals surface area contributed by atoms with Crippen LogP contribution in [0.25, 0.3) is 0 Å². The van der Waals surface area contributed by atoms with Gasteiger partial charge < -0.3 is 14.5 Å². The number of amides is 1. The minimum absolute atomic E-state index is 0. The topological polar surface area (TPSA) is 70.2 Å². The van der Waals surface area contributed by atoms with Crippen molar-refractivity contribution in [2.75, 3.05) is 32.8 Å². The molecular weight excluding hydrogens is 554 g/mol. The molecule has 2 atom stereocenters. The molecule has 0 aromatic heterocycles. The van der Waals surface area contributed by atoms with Crippen LogP contribution in [0.1, 0.15) is 64.0 Å². The Morgan fingerprint density at radius 2 is 1.51 bits per heavy atom. The van der Waals surface area contributed by atoms with Crippen molar-refractivity contribution in [2.24, 2.45) is 0 Å². The normalized spacial score (nSPS) is 23.1. The van der Waals surface area contributed by atoms with Gasteiger partial charge in [-0.2, -0.15) is 17.8 Å². The average molecular weight is 596 g/mol. The summed E-state index contributed by atoms with van der Waals surface area (Å²) in [5, 5.41) is 0.481. The third kappa shape index (κ3) is 7.30. The van der Waals surface area contributed by atoms with E-state index in [-0.39, 0.29) is 44.6 Å². The number of halogens is 1. The van der Waals surface area contributed by atoms with Crippen LogP contribution in [0, 0.1) is 0 Å². The van der Waals surface area contributed by atoms with E-state index >= 15 is 0 Å². The number of benzene rings is 2. The largest absolute Gasteiger partial charge is 0.448 e. The summed E-state index contributed by atoms with van der Waals surface area (Å²) in [4.78, 5) is 17.5. The highest BCUT2D eigenvalue weighted by molar-refractivity contribution is 7.89. The molecule has 0 aliphatic carbocycles. The van der Waals surface area contributed by atoms with Gasteiger partial charge in [0.2, 0.25) is 10.0 Å². The van der Waals surface area contributed by atoms with Gasteiger partial charge in [0.15, 0.2) is 0 Å². The molecule has 39 heavy (non-hydrogen) atoms. The van der Waals surface area contributed by atoms with Crippen molar-refractivity contribution in [3.05, 3.63) is 65.2 Å². The molecule has 0 saturated carbocycles. The van der Waals surface area contributed by atoms with E-state index in [1.54, 1.807) is 21.3 Å². The molecule has 3 aliphatic heterocycles. The first kappa shape index (κ1) is 31.7. The predicted octanol–water partition coefficient (Wildman–Crippen LogP) is 6.07. The van der Waals surface area contributed by atoms with E-state index in [4.69, 9.17) is 16.3 Å². The molecule has 1 amide bonds. The first-order chi connectivity index (χ1) is 17.9. The van der Waals surface area contributed by atoms with Crippen LogP contribution in [-0.2, 0) is 14.8 Å². The van der Waals surface area contributed by atoms with Crippen LogP contribution in [0.15, 0.2) is 59.5 Å². The second kappa shape index (κ2) is 14.2. The number of hydrogen-bond acceptors (Lipinski definition) is 5. The number of piperidine rings is 2. The molecule has 0 radical (unpaired) electrons. The highest BCUT2D eigenvalue weighted by Gasteiger charge is 2.43. The summed E-state index contributed by atoms with van der Waals surface area (Å²) in [7, 11) is -3.83. The molecule has 3 aliphatic rings. The van der Waals surface area contributed by atoms with E-state index in [2.05, 4.69) is 4.90 Å². The van der Waals surface area contributed by atoms with Gasteiger partial charge in [0.05, 0.1) is 17.0 Å². The van der Waals surface area contributed by atoms with Gasteiger partial charge in [-0.15, -0.1) is 0 Å². The molecule has 7 nitrogen and oxygen atoms in total. The molecule has 2 aromatic carbocycles. The third-order valence-electron chi connectivity index (χ3n) is 8.04. The van der Waals surface area contributed by atoms with E-state index in [1.165, 1.54) is 31.4 Å². The number of rotatable bonds is 6. The van der Waals surface area contributed by atoms with Crippen molar-refractivity contribution in [3.8, 4) is 0 Å².